The molecule has 0 aliphatic carbocycles. The number of aromatic nitrogens is 2. The van der Waals surface area contributed by atoms with Gasteiger partial charge in [-0.3, -0.25) is 4.68 Å². The van der Waals surface area contributed by atoms with Gasteiger partial charge in [-0.05, 0) is 31.2 Å². The predicted octanol–water partition coefficient (Wildman–Crippen LogP) is 3.13. The topological polar surface area (TPSA) is 64.0 Å². The van der Waals surface area contributed by atoms with Crippen molar-refractivity contribution >= 4 is 21.4 Å². The summed E-state index contributed by atoms with van der Waals surface area (Å²) in [5.41, 5.74) is 0.523. The third-order valence-corrected chi connectivity index (χ3v) is 5.25. The molecule has 0 aliphatic heterocycles. The Morgan fingerprint density at radius 2 is 2.05 bits per heavy atom. The summed E-state index contributed by atoms with van der Waals surface area (Å²) >= 11 is 1.49. The number of hydrogen-bond acceptors (Lipinski definition) is 4. The second-order valence-corrected chi connectivity index (χ2v) is 8.32. The molecule has 7 heteroatoms. The summed E-state index contributed by atoms with van der Waals surface area (Å²) in [7, 11) is -3.55. The summed E-state index contributed by atoms with van der Waals surface area (Å²) in [4.78, 5) is 1.11. The number of nitrogens with one attached hydrogen (secondary N) is 1. The third kappa shape index (κ3) is 3.72. The minimum atomic E-state index is -3.55. The van der Waals surface area contributed by atoms with Crippen molar-refractivity contribution in [2.24, 2.45) is 5.92 Å². The number of sulfonamides is 1. The zero-order chi connectivity index (χ0) is 15.6. The van der Waals surface area contributed by atoms with Crippen molar-refractivity contribution in [3.05, 3.63) is 23.7 Å². The van der Waals surface area contributed by atoms with Crippen LogP contribution in [0, 0.1) is 5.92 Å². The molecule has 0 atom stereocenters. The van der Waals surface area contributed by atoms with Crippen LogP contribution in [0.5, 0.6) is 0 Å². The Bertz CT molecular complexity index is 686. The minimum absolute atomic E-state index is 0.109. The summed E-state index contributed by atoms with van der Waals surface area (Å²) in [6, 6.07) is 3.89. The number of nitrogens with zero attached hydrogens (tertiary/aromatic N) is 2. The smallest absolute Gasteiger partial charge is 0.244 e. The molecule has 0 aliphatic rings. The first-order valence-corrected chi connectivity index (χ1v) is 9.30. The highest BCUT2D eigenvalue weighted by molar-refractivity contribution is 7.89. The van der Waals surface area contributed by atoms with Gasteiger partial charge in [-0.15, -0.1) is 11.3 Å². The second-order valence-electron chi connectivity index (χ2n) is 5.64. The van der Waals surface area contributed by atoms with Gasteiger partial charge in [0, 0.05) is 18.8 Å². The number of hydrogen-bond donors (Lipinski definition) is 1. The molecule has 0 unspecified atom stereocenters. The SMILES string of the molecule is CC(C)CNS(=O)(=O)c1cn(C(C)C)nc1-c1cccs1. The van der Waals surface area contributed by atoms with Crippen LogP contribution in [0.1, 0.15) is 33.7 Å². The van der Waals surface area contributed by atoms with Gasteiger partial charge in [-0.25, -0.2) is 13.1 Å². The molecule has 2 aromatic rings. The van der Waals surface area contributed by atoms with Crippen LogP contribution in [0.3, 0.4) is 0 Å². The van der Waals surface area contributed by atoms with E-state index in [9.17, 15) is 8.42 Å². The third-order valence-electron chi connectivity index (χ3n) is 2.95. The van der Waals surface area contributed by atoms with Gasteiger partial charge < -0.3 is 0 Å². The van der Waals surface area contributed by atoms with E-state index >= 15 is 0 Å². The van der Waals surface area contributed by atoms with E-state index in [1.807, 2.05) is 45.2 Å². The maximum atomic E-state index is 12.5. The average molecular weight is 327 g/mol. The van der Waals surface area contributed by atoms with E-state index in [1.54, 1.807) is 10.9 Å². The van der Waals surface area contributed by atoms with Crippen molar-refractivity contribution in [3.8, 4) is 10.6 Å². The van der Waals surface area contributed by atoms with Crippen molar-refractivity contribution in [2.45, 2.75) is 38.6 Å². The quantitative estimate of drug-likeness (QED) is 0.886. The lowest BCUT2D eigenvalue weighted by molar-refractivity contribution is 0.531. The average Bonchev–Trinajstić information content (AvgIpc) is 3.04. The first-order chi connectivity index (χ1) is 9.81. The van der Waals surface area contributed by atoms with Crippen LogP contribution in [-0.2, 0) is 10.0 Å². The molecule has 0 saturated carbocycles. The molecule has 0 saturated heterocycles. The molecule has 0 spiro atoms. The Kier molecular flexibility index (Phi) is 4.85. The number of rotatable bonds is 6. The van der Waals surface area contributed by atoms with Crippen molar-refractivity contribution in [2.75, 3.05) is 6.54 Å². The van der Waals surface area contributed by atoms with Gasteiger partial charge in [0.15, 0.2) is 0 Å². The monoisotopic (exact) mass is 327 g/mol. The zero-order valence-electron chi connectivity index (χ0n) is 12.7. The molecule has 5 nitrogen and oxygen atoms in total. The van der Waals surface area contributed by atoms with E-state index in [1.165, 1.54) is 11.3 Å². The maximum Gasteiger partial charge on any atom is 0.244 e. The standard InChI is InChI=1S/C14H21N3O2S2/c1-10(2)8-15-21(18,19)13-9-17(11(3)4)16-14(13)12-6-5-7-20-12/h5-7,9-11,15H,8H2,1-4H3. The molecule has 0 radical (unpaired) electrons. The fourth-order valence-electron chi connectivity index (χ4n) is 1.77. The normalized spacial score (nSPS) is 12.5. The van der Waals surface area contributed by atoms with Crippen LogP contribution in [0.25, 0.3) is 10.6 Å². The molecular formula is C14H21N3O2S2. The van der Waals surface area contributed by atoms with E-state index < -0.39 is 10.0 Å². The largest absolute Gasteiger partial charge is 0.268 e. The Morgan fingerprint density at radius 1 is 1.33 bits per heavy atom. The Morgan fingerprint density at radius 3 is 2.57 bits per heavy atom. The van der Waals surface area contributed by atoms with E-state index in [0.29, 0.717) is 12.2 Å². The molecular weight excluding hydrogens is 306 g/mol. The van der Waals surface area contributed by atoms with E-state index in [0.717, 1.165) is 4.88 Å². The molecule has 2 rings (SSSR count). The van der Waals surface area contributed by atoms with Crippen LogP contribution in [-0.4, -0.2) is 24.7 Å². The molecule has 1 N–H and O–H groups in total. The Balaban J connectivity index is 2.46. The van der Waals surface area contributed by atoms with Crippen LogP contribution >= 0.6 is 11.3 Å². The lowest BCUT2D eigenvalue weighted by Crippen LogP contribution is -2.27. The van der Waals surface area contributed by atoms with Gasteiger partial charge >= 0.3 is 0 Å². The lowest BCUT2D eigenvalue weighted by atomic mass is 10.2. The summed E-state index contributed by atoms with van der Waals surface area (Å²) in [6.07, 6.45) is 1.61. The van der Waals surface area contributed by atoms with Gasteiger partial charge in [-0.2, -0.15) is 5.10 Å². The summed E-state index contributed by atoms with van der Waals surface area (Å²) in [6.45, 7) is 8.31. The maximum absolute atomic E-state index is 12.5. The predicted molar refractivity (Wildman–Crippen MR) is 86.0 cm³/mol. The van der Waals surface area contributed by atoms with E-state index in [2.05, 4.69) is 9.82 Å². The summed E-state index contributed by atoms with van der Waals surface area (Å²) < 4.78 is 29.4. The number of thiophene rings is 1. The highest BCUT2D eigenvalue weighted by Gasteiger charge is 2.24. The van der Waals surface area contributed by atoms with Crippen LogP contribution < -0.4 is 4.72 Å². The van der Waals surface area contributed by atoms with Crippen LogP contribution in [0.15, 0.2) is 28.6 Å². The highest BCUT2D eigenvalue weighted by atomic mass is 32.2. The van der Waals surface area contributed by atoms with Crippen molar-refractivity contribution in [1.29, 1.82) is 0 Å². The highest BCUT2D eigenvalue weighted by Crippen LogP contribution is 2.30. The van der Waals surface area contributed by atoms with Crippen molar-refractivity contribution in [1.82, 2.24) is 14.5 Å². The molecule has 2 heterocycles. The van der Waals surface area contributed by atoms with E-state index in [4.69, 9.17) is 0 Å². The van der Waals surface area contributed by atoms with Gasteiger partial charge in [0.05, 0.1) is 4.88 Å². The first kappa shape index (κ1) is 16.2. The molecule has 0 aromatic carbocycles. The van der Waals surface area contributed by atoms with Crippen LogP contribution in [0.2, 0.25) is 0 Å². The Labute approximate surface area is 130 Å². The fraction of sp³-hybridized carbons (Fsp3) is 0.500. The Hall–Kier alpha value is -1.18. The fourth-order valence-corrected chi connectivity index (χ4v) is 3.92. The minimum Gasteiger partial charge on any atom is -0.268 e. The van der Waals surface area contributed by atoms with Crippen LogP contribution in [0.4, 0.5) is 0 Å². The van der Waals surface area contributed by atoms with Gasteiger partial charge in [-0.1, -0.05) is 19.9 Å². The van der Waals surface area contributed by atoms with Crippen molar-refractivity contribution < 1.29 is 8.42 Å². The molecule has 0 bridgehead atoms. The second kappa shape index (κ2) is 6.29. The summed E-state index contributed by atoms with van der Waals surface area (Å²) in [5.74, 6) is 0.255. The van der Waals surface area contributed by atoms with Gasteiger partial charge in [0.1, 0.15) is 10.6 Å². The molecule has 0 amide bonds. The van der Waals surface area contributed by atoms with Gasteiger partial charge in [0.2, 0.25) is 10.0 Å². The molecule has 2 aromatic heterocycles. The first-order valence-electron chi connectivity index (χ1n) is 6.94. The molecule has 21 heavy (non-hydrogen) atoms. The van der Waals surface area contributed by atoms with E-state index in [-0.39, 0.29) is 16.9 Å². The molecule has 116 valence electrons. The van der Waals surface area contributed by atoms with Crippen molar-refractivity contribution in [3.63, 3.8) is 0 Å². The summed E-state index contributed by atoms with van der Waals surface area (Å²) in [5, 5.41) is 6.37. The van der Waals surface area contributed by atoms with Gasteiger partial charge in [0.25, 0.3) is 0 Å². The molecule has 0 fully saturated rings. The lowest BCUT2D eigenvalue weighted by Gasteiger charge is -2.08. The zero-order valence-corrected chi connectivity index (χ0v) is 14.3.